The summed E-state index contributed by atoms with van der Waals surface area (Å²) in [5.41, 5.74) is 1.62. The fourth-order valence-corrected chi connectivity index (χ4v) is 3.39. The van der Waals surface area contributed by atoms with Crippen molar-refractivity contribution in [3.05, 3.63) is 70.5 Å². The molecule has 0 atom stereocenters. The van der Waals surface area contributed by atoms with E-state index >= 15 is 0 Å². The number of amides is 1. The van der Waals surface area contributed by atoms with Crippen LogP contribution in [0.1, 0.15) is 10.4 Å². The van der Waals surface area contributed by atoms with E-state index in [0.29, 0.717) is 22.2 Å². The van der Waals surface area contributed by atoms with Crippen LogP contribution in [0, 0.1) is 0 Å². The number of aromatic nitrogens is 1. The summed E-state index contributed by atoms with van der Waals surface area (Å²) in [5.74, 6) is -0.0888. The molecule has 3 rings (SSSR count). The number of piperazine rings is 1. The first-order valence-electron chi connectivity index (χ1n) is 8.89. The van der Waals surface area contributed by atoms with E-state index in [0.717, 1.165) is 38.4 Å². The number of carbonyl (C=O) groups is 1. The summed E-state index contributed by atoms with van der Waals surface area (Å²) in [4.78, 5) is 20.5. The van der Waals surface area contributed by atoms with Crippen LogP contribution in [-0.4, -0.2) is 55.1 Å². The van der Waals surface area contributed by atoms with Gasteiger partial charge in [-0.05, 0) is 24.3 Å². The Labute approximate surface area is 169 Å². The molecule has 1 saturated heterocycles. The third-order valence-electron chi connectivity index (χ3n) is 4.50. The van der Waals surface area contributed by atoms with Crippen molar-refractivity contribution in [1.29, 1.82) is 0 Å². The fraction of sp³-hybridized carbons (Fsp3) is 0.300. The highest BCUT2D eigenvalue weighted by Gasteiger charge is 2.18. The molecular formula is C20H22Cl2N4O. The van der Waals surface area contributed by atoms with Crippen LogP contribution in [0.25, 0.3) is 0 Å². The smallest absolute Gasteiger partial charge is 0.251 e. The Bertz CT molecular complexity index is 790. The van der Waals surface area contributed by atoms with Gasteiger partial charge in [0.2, 0.25) is 0 Å². The number of hydrogen-bond donors (Lipinski definition) is 1. The molecule has 1 aromatic carbocycles. The summed E-state index contributed by atoms with van der Waals surface area (Å²) < 4.78 is 0. The maximum Gasteiger partial charge on any atom is 0.251 e. The Morgan fingerprint density at radius 2 is 1.81 bits per heavy atom. The molecule has 5 nitrogen and oxygen atoms in total. The first kappa shape index (κ1) is 19.7. The Hall–Kier alpha value is -2.08. The van der Waals surface area contributed by atoms with Crippen LogP contribution < -0.4 is 10.2 Å². The molecule has 0 saturated carbocycles. The number of hydrogen-bond acceptors (Lipinski definition) is 4. The van der Waals surface area contributed by atoms with Crippen molar-refractivity contribution in [2.75, 3.05) is 44.2 Å². The van der Waals surface area contributed by atoms with Gasteiger partial charge in [0.25, 0.3) is 5.91 Å². The molecule has 1 aromatic heterocycles. The second-order valence-corrected chi connectivity index (χ2v) is 7.06. The van der Waals surface area contributed by atoms with E-state index in [9.17, 15) is 4.79 Å². The lowest BCUT2D eigenvalue weighted by atomic mass is 10.2. The zero-order chi connectivity index (χ0) is 19.1. The minimum atomic E-state index is -0.0888. The van der Waals surface area contributed by atoms with Crippen LogP contribution in [0.2, 0.25) is 10.0 Å². The second-order valence-electron chi connectivity index (χ2n) is 6.28. The Balaban J connectivity index is 1.39. The number of benzene rings is 1. The average Bonchev–Trinajstić information content (AvgIpc) is 2.71. The van der Waals surface area contributed by atoms with E-state index < -0.39 is 0 Å². The summed E-state index contributed by atoms with van der Waals surface area (Å²) in [6, 6.07) is 9.14. The van der Waals surface area contributed by atoms with Crippen molar-refractivity contribution in [3.8, 4) is 0 Å². The van der Waals surface area contributed by atoms with Crippen molar-refractivity contribution in [2.45, 2.75) is 0 Å². The van der Waals surface area contributed by atoms with Gasteiger partial charge in [0.05, 0.1) is 15.7 Å². The van der Waals surface area contributed by atoms with Gasteiger partial charge in [0.15, 0.2) is 0 Å². The molecule has 7 heteroatoms. The Kier molecular flexibility index (Phi) is 7.10. The van der Waals surface area contributed by atoms with Crippen molar-refractivity contribution in [1.82, 2.24) is 15.2 Å². The van der Waals surface area contributed by atoms with E-state index in [2.05, 4.69) is 26.2 Å². The summed E-state index contributed by atoms with van der Waals surface area (Å²) in [7, 11) is 0. The second kappa shape index (κ2) is 9.74. The van der Waals surface area contributed by atoms with E-state index in [1.165, 1.54) is 0 Å². The van der Waals surface area contributed by atoms with Crippen molar-refractivity contribution >= 4 is 34.8 Å². The molecule has 2 aromatic rings. The standard InChI is InChI=1S/C20H22Cl2N4O/c21-17-4-3-5-18(19(17)22)26-14-12-25(13-15-26)11-2-1-8-24-20(27)16-6-9-23-10-7-16/h1-7,9-10H,8,11-15H2,(H,24,27)/b2-1+. The molecule has 0 aliphatic carbocycles. The minimum absolute atomic E-state index is 0.0888. The van der Waals surface area contributed by atoms with E-state index in [1.54, 1.807) is 24.5 Å². The largest absolute Gasteiger partial charge is 0.368 e. The van der Waals surface area contributed by atoms with Gasteiger partial charge in [-0.15, -0.1) is 0 Å². The van der Waals surface area contributed by atoms with E-state index in [-0.39, 0.29) is 5.91 Å². The molecule has 0 bridgehead atoms. The van der Waals surface area contributed by atoms with Crippen LogP contribution in [0.4, 0.5) is 5.69 Å². The quantitative estimate of drug-likeness (QED) is 0.748. The summed E-state index contributed by atoms with van der Waals surface area (Å²) >= 11 is 12.4. The zero-order valence-electron chi connectivity index (χ0n) is 14.9. The Morgan fingerprint density at radius 1 is 1.07 bits per heavy atom. The lowest BCUT2D eigenvalue weighted by molar-refractivity contribution is 0.0958. The van der Waals surface area contributed by atoms with Crippen LogP contribution in [-0.2, 0) is 0 Å². The molecule has 2 heterocycles. The Morgan fingerprint density at radius 3 is 2.56 bits per heavy atom. The normalized spacial score (nSPS) is 15.3. The highest BCUT2D eigenvalue weighted by Crippen LogP contribution is 2.32. The minimum Gasteiger partial charge on any atom is -0.368 e. The molecule has 1 aliphatic rings. The van der Waals surface area contributed by atoms with Gasteiger partial charge in [-0.2, -0.15) is 0 Å². The van der Waals surface area contributed by atoms with Gasteiger partial charge in [-0.3, -0.25) is 14.7 Å². The highest BCUT2D eigenvalue weighted by molar-refractivity contribution is 6.43. The van der Waals surface area contributed by atoms with Crippen LogP contribution >= 0.6 is 23.2 Å². The van der Waals surface area contributed by atoms with Crippen molar-refractivity contribution in [2.24, 2.45) is 0 Å². The van der Waals surface area contributed by atoms with E-state index in [4.69, 9.17) is 23.2 Å². The number of halogens is 2. The number of nitrogens with zero attached hydrogens (tertiary/aromatic N) is 3. The predicted molar refractivity (Wildman–Crippen MR) is 111 cm³/mol. The molecule has 0 spiro atoms. The topological polar surface area (TPSA) is 48.5 Å². The monoisotopic (exact) mass is 404 g/mol. The van der Waals surface area contributed by atoms with Crippen LogP contribution in [0.5, 0.6) is 0 Å². The number of anilines is 1. The molecule has 1 fully saturated rings. The van der Waals surface area contributed by atoms with Crippen LogP contribution in [0.15, 0.2) is 54.9 Å². The summed E-state index contributed by atoms with van der Waals surface area (Å²) in [5, 5.41) is 4.08. The molecular weight excluding hydrogens is 383 g/mol. The third-order valence-corrected chi connectivity index (χ3v) is 5.31. The average molecular weight is 405 g/mol. The van der Waals surface area contributed by atoms with Crippen molar-refractivity contribution < 1.29 is 4.79 Å². The molecule has 0 unspecified atom stereocenters. The lowest BCUT2D eigenvalue weighted by Crippen LogP contribution is -2.46. The van der Waals surface area contributed by atoms with Gasteiger partial charge in [-0.1, -0.05) is 41.4 Å². The highest BCUT2D eigenvalue weighted by atomic mass is 35.5. The lowest BCUT2D eigenvalue weighted by Gasteiger charge is -2.36. The fourth-order valence-electron chi connectivity index (χ4n) is 2.97. The first-order valence-corrected chi connectivity index (χ1v) is 9.65. The number of rotatable bonds is 6. The molecule has 0 radical (unpaired) electrons. The number of pyridine rings is 1. The molecule has 27 heavy (non-hydrogen) atoms. The van der Waals surface area contributed by atoms with Gasteiger partial charge >= 0.3 is 0 Å². The maximum absolute atomic E-state index is 11.9. The zero-order valence-corrected chi connectivity index (χ0v) is 16.5. The molecule has 142 valence electrons. The summed E-state index contributed by atoms with van der Waals surface area (Å²) in [6.07, 6.45) is 7.30. The van der Waals surface area contributed by atoms with Gasteiger partial charge in [-0.25, -0.2) is 0 Å². The predicted octanol–water partition coefficient (Wildman–Crippen LogP) is 3.50. The summed E-state index contributed by atoms with van der Waals surface area (Å²) in [6.45, 7) is 5.11. The SMILES string of the molecule is O=C(NC/C=C/CN1CCN(c2cccc(Cl)c2Cl)CC1)c1ccncc1. The maximum atomic E-state index is 11.9. The molecule has 1 N–H and O–H groups in total. The van der Waals surface area contributed by atoms with E-state index in [1.807, 2.05) is 24.3 Å². The first-order chi connectivity index (χ1) is 13.1. The molecule has 1 aliphatic heterocycles. The molecule has 1 amide bonds. The van der Waals surface area contributed by atoms with Gasteiger partial charge in [0.1, 0.15) is 0 Å². The van der Waals surface area contributed by atoms with Crippen LogP contribution in [0.3, 0.4) is 0 Å². The third kappa shape index (κ3) is 5.45. The number of nitrogens with one attached hydrogen (secondary N) is 1. The van der Waals surface area contributed by atoms with Gasteiger partial charge < -0.3 is 10.2 Å². The van der Waals surface area contributed by atoms with Crippen molar-refractivity contribution in [3.63, 3.8) is 0 Å². The number of carbonyl (C=O) groups excluding carboxylic acids is 1. The van der Waals surface area contributed by atoms with Gasteiger partial charge in [0, 0.05) is 57.2 Å².